The van der Waals surface area contributed by atoms with E-state index in [1.54, 1.807) is 0 Å². The highest BCUT2D eigenvalue weighted by Gasteiger charge is 2.27. The Morgan fingerprint density at radius 2 is 2.06 bits per heavy atom. The molecule has 1 aliphatic carbocycles. The molecule has 0 aromatic rings. The number of amides is 1. The van der Waals surface area contributed by atoms with Crippen molar-refractivity contribution in [3.63, 3.8) is 0 Å². The second-order valence-electron chi connectivity index (χ2n) is 5.14. The first-order valence-corrected chi connectivity index (χ1v) is 7.75. The summed E-state index contributed by atoms with van der Waals surface area (Å²) in [5.74, 6) is 1.30. The van der Waals surface area contributed by atoms with Crippen molar-refractivity contribution >= 4 is 23.6 Å². The molecule has 1 aliphatic rings. The summed E-state index contributed by atoms with van der Waals surface area (Å²) in [7, 11) is 0. The summed E-state index contributed by atoms with van der Waals surface area (Å²) in [6, 6.07) is 0.293. The van der Waals surface area contributed by atoms with Crippen LogP contribution >= 0.6 is 11.8 Å². The molecule has 1 rings (SSSR count). The van der Waals surface area contributed by atoms with E-state index in [0.717, 1.165) is 6.42 Å². The van der Waals surface area contributed by atoms with Crippen LogP contribution in [0.5, 0.6) is 0 Å². The van der Waals surface area contributed by atoms with Crippen molar-refractivity contribution < 1.29 is 14.7 Å². The molecule has 0 bridgehead atoms. The Kier molecular flexibility index (Phi) is 6.54. The molecule has 104 valence electrons. The number of hydrogen-bond acceptors (Lipinski definition) is 3. The van der Waals surface area contributed by atoms with Gasteiger partial charge in [0, 0.05) is 11.8 Å². The number of hydrogen-bond donors (Lipinski definition) is 2. The minimum absolute atomic E-state index is 0.0383. The van der Waals surface area contributed by atoms with Crippen molar-refractivity contribution in [2.75, 3.05) is 11.5 Å². The Morgan fingerprint density at radius 1 is 1.33 bits per heavy atom. The van der Waals surface area contributed by atoms with Gasteiger partial charge in [-0.2, -0.15) is 11.8 Å². The summed E-state index contributed by atoms with van der Waals surface area (Å²) in [5.41, 5.74) is 0. The minimum Gasteiger partial charge on any atom is -0.481 e. The summed E-state index contributed by atoms with van der Waals surface area (Å²) < 4.78 is 0. The third kappa shape index (κ3) is 5.29. The Labute approximate surface area is 113 Å². The van der Waals surface area contributed by atoms with Crippen molar-refractivity contribution in [2.45, 2.75) is 45.6 Å². The molecule has 1 amide bonds. The number of carbonyl (C=O) groups is 2. The van der Waals surface area contributed by atoms with E-state index in [1.165, 1.54) is 24.6 Å². The molecular weight excluding hydrogens is 250 g/mol. The summed E-state index contributed by atoms with van der Waals surface area (Å²) in [6.07, 6.45) is 3.62. The lowest BCUT2D eigenvalue weighted by Gasteiger charge is -2.34. The van der Waals surface area contributed by atoms with Crippen LogP contribution < -0.4 is 5.32 Å². The Hall–Kier alpha value is -0.710. The number of nitrogens with one attached hydrogen (secondary N) is 1. The van der Waals surface area contributed by atoms with Gasteiger partial charge in [0.2, 0.25) is 5.91 Å². The van der Waals surface area contributed by atoms with Gasteiger partial charge in [-0.3, -0.25) is 9.59 Å². The van der Waals surface area contributed by atoms with Gasteiger partial charge < -0.3 is 10.4 Å². The van der Waals surface area contributed by atoms with Crippen molar-refractivity contribution in [1.29, 1.82) is 0 Å². The average molecular weight is 273 g/mol. The zero-order valence-electron chi connectivity index (χ0n) is 11.1. The summed E-state index contributed by atoms with van der Waals surface area (Å²) in [5, 5.41) is 11.6. The average Bonchev–Trinajstić information content (AvgIpc) is 2.30. The molecule has 2 N–H and O–H groups in total. The maximum Gasteiger partial charge on any atom is 0.304 e. The number of carboxylic acids is 1. The standard InChI is InChI=1S/C13H23NO3S/c1-9-4-3-5-11(10(9)2)14-12(15)8-18-7-6-13(16)17/h9-11H,3-8H2,1-2H3,(H,14,15)(H,16,17). The number of aliphatic carboxylic acids is 1. The fourth-order valence-corrected chi connectivity index (χ4v) is 3.09. The van der Waals surface area contributed by atoms with Crippen LogP contribution in [0.2, 0.25) is 0 Å². The van der Waals surface area contributed by atoms with Crippen molar-refractivity contribution in [2.24, 2.45) is 11.8 Å². The lowest BCUT2D eigenvalue weighted by Crippen LogP contribution is -2.44. The van der Waals surface area contributed by atoms with Crippen molar-refractivity contribution in [1.82, 2.24) is 5.32 Å². The lowest BCUT2D eigenvalue weighted by atomic mass is 9.78. The lowest BCUT2D eigenvalue weighted by molar-refractivity contribution is -0.136. The molecular formula is C13H23NO3S. The molecule has 0 radical (unpaired) electrons. The highest BCUT2D eigenvalue weighted by Crippen LogP contribution is 2.29. The normalized spacial score (nSPS) is 27.8. The highest BCUT2D eigenvalue weighted by atomic mass is 32.2. The Balaban J connectivity index is 2.20. The molecule has 0 spiro atoms. The van der Waals surface area contributed by atoms with Crippen LogP contribution in [0.15, 0.2) is 0 Å². The van der Waals surface area contributed by atoms with E-state index in [2.05, 4.69) is 19.2 Å². The van der Waals surface area contributed by atoms with Crippen LogP contribution in [-0.2, 0) is 9.59 Å². The highest BCUT2D eigenvalue weighted by molar-refractivity contribution is 7.99. The molecule has 18 heavy (non-hydrogen) atoms. The van der Waals surface area contributed by atoms with Crippen LogP contribution in [0.25, 0.3) is 0 Å². The quantitative estimate of drug-likeness (QED) is 0.728. The monoisotopic (exact) mass is 273 g/mol. The molecule has 4 nitrogen and oxygen atoms in total. The number of carboxylic acid groups (broad SMARTS) is 1. The van der Waals surface area contributed by atoms with Crippen LogP contribution in [-0.4, -0.2) is 34.5 Å². The number of thioether (sulfide) groups is 1. The van der Waals surface area contributed by atoms with Gasteiger partial charge in [-0.1, -0.05) is 26.7 Å². The van der Waals surface area contributed by atoms with E-state index in [9.17, 15) is 9.59 Å². The van der Waals surface area contributed by atoms with Gasteiger partial charge in [-0.25, -0.2) is 0 Å². The van der Waals surface area contributed by atoms with E-state index in [4.69, 9.17) is 5.11 Å². The maximum atomic E-state index is 11.7. The zero-order chi connectivity index (χ0) is 13.5. The van der Waals surface area contributed by atoms with E-state index in [-0.39, 0.29) is 12.3 Å². The molecule has 1 fully saturated rings. The first-order valence-electron chi connectivity index (χ1n) is 6.59. The van der Waals surface area contributed by atoms with Gasteiger partial charge >= 0.3 is 5.97 Å². The molecule has 1 saturated carbocycles. The third-order valence-electron chi connectivity index (χ3n) is 3.75. The Morgan fingerprint density at radius 3 is 2.72 bits per heavy atom. The molecule has 0 saturated heterocycles. The SMILES string of the molecule is CC1CCCC(NC(=O)CSCCC(=O)O)C1C. The van der Waals surface area contributed by atoms with Gasteiger partial charge in [0.25, 0.3) is 0 Å². The third-order valence-corrected chi connectivity index (χ3v) is 4.71. The first kappa shape index (κ1) is 15.3. The second kappa shape index (κ2) is 7.67. The predicted octanol–water partition coefficient (Wildman–Crippen LogP) is 2.14. The molecule has 5 heteroatoms. The van der Waals surface area contributed by atoms with Crippen LogP contribution in [0.1, 0.15) is 39.5 Å². The van der Waals surface area contributed by atoms with Gasteiger partial charge in [-0.15, -0.1) is 0 Å². The Bertz CT molecular complexity index is 296. The van der Waals surface area contributed by atoms with Gasteiger partial charge in [0.05, 0.1) is 12.2 Å². The summed E-state index contributed by atoms with van der Waals surface area (Å²) in [4.78, 5) is 22.1. The topological polar surface area (TPSA) is 66.4 Å². The molecule has 3 atom stereocenters. The first-order chi connectivity index (χ1) is 8.50. The fraction of sp³-hybridized carbons (Fsp3) is 0.846. The zero-order valence-corrected chi connectivity index (χ0v) is 12.0. The molecule has 0 aliphatic heterocycles. The van der Waals surface area contributed by atoms with Gasteiger partial charge in [0.15, 0.2) is 0 Å². The minimum atomic E-state index is -0.808. The van der Waals surface area contributed by atoms with E-state index < -0.39 is 5.97 Å². The van der Waals surface area contributed by atoms with Crippen LogP contribution in [0.4, 0.5) is 0 Å². The van der Waals surface area contributed by atoms with E-state index in [0.29, 0.717) is 29.4 Å². The molecule has 0 aromatic heterocycles. The number of rotatable bonds is 6. The summed E-state index contributed by atoms with van der Waals surface area (Å²) >= 11 is 1.39. The summed E-state index contributed by atoms with van der Waals surface area (Å²) in [6.45, 7) is 4.44. The van der Waals surface area contributed by atoms with Gasteiger partial charge in [-0.05, 0) is 18.3 Å². The van der Waals surface area contributed by atoms with E-state index in [1.807, 2.05) is 0 Å². The van der Waals surface area contributed by atoms with E-state index >= 15 is 0 Å². The van der Waals surface area contributed by atoms with Crippen LogP contribution in [0.3, 0.4) is 0 Å². The van der Waals surface area contributed by atoms with Gasteiger partial charge in [0.1, 0.15) is 0 Å². The second-order valence-corrected chi connectivity index (χ2v) is 6.24. The fourth-order valence-electron chi connectivity index (χ4n) is 2.36. The smallest absolute Gasteiger partial charge is 0.304 e. The maximum absolute atomic E-state index is 11.7. The molecule has 0 heterocycles. The van der Waals surface area contributed by atoms with Crippen molar-refractivity contribution in [3.8, 4) is 0 Å². The van der Waals surface area contributed by atoms with Crippen molar-refractivity contribution in [3.05, 3.63) is 0 Å². The van der Waals surface area contributed by atoms with Crippen LogP contribution in [0, 0.1) is 11.8 Å². The molecule has 3 unspecified atom stereocenters. The molecule has 0 aromatic carbocycles. The largest absolute Gasteiger partial charge is 0.481 e. The predicted molar refractivity (Wildman–Crippen MR) is 73.7 cm³/mol. The number of carbonyl (C=O) groups excluding carboxylic acids is 1.